The highest BCUT2D eigenvalue weighted by atomic mass is 32.1. The van der Waals surface area contributed by atoms with Gasteiger partial charge in [0.05, 0.1) is 17.7 Å². The lowest BCUT2D eigenvalue weighted by atomic mass is 10.1. The molecule has 9 heteroatoms. The molecule has 0 unspecified atom stereocenters. The van der Waals surface area contributed by atoms with Crippen molar-refractivity contribution in [2.75, 3.05) is 20.2 Å². The molecule has 1 saturated heterocycles. The van der Waals surface area contributed by atoms with Crippen LogP contribution in [0.3, 0.4) is 0 Å². The molecule has 1 amide bonds. The lowest BCUT2D eigenvalue weighted by molar-refractivity contribution is 0.0581. The molecule has 8 nitrogen and oxygen atoms in total. The number of aromatic amines is 1. The van der Waals surface area contributed by atoms with Gasteiger partial charge in [0, 0.05) is 38.2 Å². The number of likely N-dealkylation sites (tertiary alicyclic amines) is 1. The number of rotatable bonds is 5. The van der Waals surface area contributed by atoms with Crippen molar-refractivity contribution >= 4 is 17.2 Å². The largest absolute Gasteiger partial charge is 0.474 e. The molecule has 0 atom stereocenters. The number of methoxy groups -OCH3 is 1. The molecular formula is C18H19N5O3S. The molecule has 1 aliphatic rings. The van der Waals surface area contributed by atoms with Gasteiger partial charge in [-0.25, -0.2) is 4.98 Å². The predicted molar refractivity (Wildman–Crippen MR) is 100 cm³/mol. The fourth-order valence-corrected chi connectivity index (χ4v) is 3.68. The average molecular weight is 385 g/mol. The van der Waals surface area contributed by atoms with Gasteiger partial charge in [-0.2, -0.15) is 10.1 Å². The fourth-order valence-electron chi connectivity index (χ4n) is 2.99. The zero-order valence-electron chi connectivity index (χ0n) is 14.8. The molecule has 4 heterocycles. The first-order valence-electron chi connectivity index (χ1n) is 8.65. The second kappa shape index (κ2) is 7.75. The summed E-state index contributed by atoms with van der Waals surface area (Å²) in [6.45, 7) is 1.24. The Labute approximate surface area is 160 Å². The normalized spacial score (nSPS) is 14.9. The molecule has 1 fully saturated rings. The number of ether oxygens (including phenoxy) is 2. The fraction of sp³-hybridized carbons (Fsp3) is 0.333. The molecule has 0 radical (unpaired) electrons. The van der Waals surface area contributed by atoms with Crippen molar-refractivity contribution < 1.29 is 14.3 Å². The molecule has 140 valence electrons. The van der Waals surface area contributed by atoms with E-state index in [9.17, 15) is 4.79 Å². The first kappa shape index (κ1) is 17.5. The summed E-state index contributed by atoms with van der Waals surface area (Å²) >= 11 is 1.61. The Morgan fingerprint density at radius 2 is 2.19 bits per heavy atom. The third-order valence-corrected chi connectivity index (χ3v) is 5.29. The van der Waals surface area contributed by atoms with Crippen molar-refractivity contribution in [3.63, 3.8) is 0 Å². The zero-order valence-corrected chi connectivity index (χ0v) is 15.6. The Balaban J connectivity index is 1.34. The summed E-state index contributed by atoms with van der Waals surface area (Å²) in [7, 11) is 1.52. The number of nitrogens with one attached hydrogen (secondary N) is 1. The van der Waals surface area contributed by atoms with Gasteiger partial charge in [0.15, 0.2) is 5.69 Å². The van der Waals surface area contributed by atoms with E-state index in [1.807, 2.05) is 28.5 Å². The number of carbonyl (C=O) groups excluding carboxylic acids is 1. The van der Waals surface area contributed by atoms with Crippen LogP contribution in [0, 0.1) is 0 Å². The van der Waals surface area contributed by atoms with E-state index < -0.39 is 0 Å². The molecule has 1 aliphatic heterocycles. The summed E-state index contributed by atoms with van der Waals surface area (Å²) in [6, 6.07) is 7.76. The van der Waals surface area contributed by atoms with Gasteiger partial charge in [-0.05, 0) is 17.5 Å². The number of H-pyrrole nitrogens is 1. The predicted octanol–water partition coefficient (Wildman–Crippen LogP) is 2.62. The summed E-state index contributed by atoms with van der Waals surface area (Å²) < 4.78 is 10.9. The Kier molecular flexibility index (Phi) is 5.01. The van der Waals surface area contributed by atoms with Crippen LogP contribution in [0.2, 0.25) is 0 Å². The molecule has 4 rings (SSSR count). The van der Waals surface area contributed by atoms with Crippen LogP contribution in [0.5, 0.6) is 11.9 Å². The number of hydrogen-bond donors (Lipinski definition) is 1. The zero-order chi connectivity index (χ0) is 18.6. The van der Waals surface area contributed by atoms with E-state index in [0.29, 0.717) is 24.7 Å². The number of nitrogens with zero attached hydrogens (tertiary/aromatic N) is 4. The van der Waals surface area contributed by atoms with Crippen molar-refractivity contribution in [3.8, 4) is 22.5 Å². The molecule has 0 spiro atoms. The van der Waals surface area contributed by atoms with Crippen molar-refractivity contribution in [2.24, 2.45) is 0 Å². The van der Waals surface area contributed by atoms with E-state index in [2.05, 4.69) is 20.2 Å². The maximum Gasteiger partial charge on any atom is 0.319 e. The number of amides is 1. The molecule has 1 N–H and O–H groups in total. The van der Waals surface area contributed by atoms with Crippen molar-refractivity contribution in [3.05, 3.63) is 41.5 Å². The lowest BCUT2D eigenvalue weighted by Crippen LogP contribution is -2.42. The monoisotopic (exact) mass is 385 g/mol. The molecule has 0 saturated carbocycles. The summed E-state index contributed by atoms with van der Waals surface area (Å²) in [5.74, 6) is 0.427. The highest BCUT2D eigenvalue weighted by molar-refractivity contribution is 7.13. The molecule has 0 aliphatic carbocycles. The number of thiophene rings is 1. The highest BCUT2D eigenvalue weighted by Crippen LogP contribution is 2.24. The molecule has 3 aromatic heterocycles. The Morgan fingerprint density at radius 3 is 2.93 bits per heavy atom. The third-order valence-electron chi connectivity index (χ3n) is 4.39. The molecule has 0 bridgehead atoms. The minimum absolute atomic E-state index is 0.00881. The quantitative estimate of drug-likeness (QED) is 0.726. The molecular weight excluding hydrogens is 366 g/mol. The van der Waals surface area contributed by atoms with Gasteiger partial charge in [-0.15, -0.1) is 11.3 Å². The van der Waals surface area contributed by atoms with E-state index in [0.717, 1.165) is 23.4 Å². The van der Waals surface area contributed by atoms with E-state index >= 15 is 0 Å². The molecule has 0 aromatic carbocycles. The van der Waals surface area contributed by atoms with Crippen LogP contribution in [-0.4, -0.2) is 57.3 Å². The van der Waals surface area contributed by atoms with Crippen LogP contribution in [0.1, 0.15) is 23.3 Å². The molecule has 27 heavy (non-hydrogen) atoms. The average Bonchev–Trinajstić information content (AvgIpc) is 3.40. The summed E-state index contributed by atoms with van der Waals surface area (Å²) in [4.78, 5) is 23.7. The smallest absolute Gasteiger partial charge is 0.319 e. The first-order chi connectivity index (χ1) is 13.2. The third kappa shape index (κ3) is 3.92. The van der Waals surface area contributed by atoms with Gasteiger partial charge in [-0.1, -0.05) is 6.07 Å². The van der Waals surface area contributed by atoms with Crippen LogP contribution < -0.4 is 9.47 Å². The topological polar surface area (TPSA) is 93.2 Å². The minimum Gasteiger partial charge on any atom is -0.474 e. The second-order valence-electron chi connectivity index (χ2n) is 6.14. The van der Waals surface area contributed by atoms with Crippen molar-refractivity contribution in [2.45, 2.75) is 18.9 Å². The van der Waals surface area contributed by atoms with Gasteiger partial charge in [0.2, 0.25) is 5.88 Å². The standard InChI is InChI=1S/C18H19N5O3S/c1-25-18-19-7-4-16(20-18)26-12-5-8-23(9-6-12)17(24)14-11-13(21-22-14)15-3-2-10-27-15/h2-4,7,10-12H,5-6,8-9H2,1H3,(H,21,22). The molecule has 3 aromatic rings. The number of piperidine rings is 1. The van der Waals surface area contributed by atoms with Crippen LogP contribution in [0.25, 0.3) is 10.6 Å². The number of aromatic nitrogens is 4. The van der Waals surface area contributed by atoms with Crippen molar-refractivity contribution in [1.29, 1.82) is 0 Å². The van der Waals surface area contributed by atoms with Crippen LogP contribution in [0.4, 0.5) is 0 Å². The van der Waals surface area contributed by atoms with Gasteiger partial charge in [0.1, 0.15) is 6.10 Å². The minimum atomic E-state index is -0.0591. The second-order valence-corrected chi connectivity index (χ2v) is 7.08. The van der Waals surface area contributed by atoms with E-state index in [1.54, 1.807) is 23.6 Å². The maximum atomic E-state index is 12.7. The Hall–Kier alpha value is -2.94. The number of carbonyl (C=O) groups is 1. The van der Waals surface area contributed by atoms with E-state index in [4.69, 9.17) is 9.47 Å². The maximum absolute atomic E-state index is 12.7. The van der Waals surface area contributed by atoms with E-state index in [-0.39, 0.29) is 18.0 Å². The SMILES string of the molecule is COc1nccc(OC2CCN(C(=O)c3cc(-c4cccs4)[nH]n3)CC2)n1. The lowest BCUT2D eigenvalue weighted by Gasteiger charge is -2.31. The van der Waals surface area contributed by atoms with Gasteiger partial charge >= 0.3 is 6.01 Å². The van der Waals surface area contributed by atoms with Gasteiger partial charge in [0.25, 0.3) is 5.91 Å². The van der Waals surface area contributed by atoms with Crippen LogP contribution in [-0.2, 0) is 0 Å². The highest BCUT2D eigenvalue weighted by Gasteiger charge is 2.26. The number of hydrogen-bond acceptors (Lipinski definition) is 7. The Bertz CT molecular complexity index is 903. The van der Waals surface area contributed by atoms with Gasteiger partial charge in [-0.3, -0.25) is 9.89 Å². The summed E-state index contributed by atoms with van der Waals surface area (Å²) in [5.41, 5.74) is 1.31. The Morgan fingerprint density at radius 1 is 1.33 bits per heavy atom. The summed E-state index contributed by atoms with van der Waals surface area (Å²) in [6.07, 6.45) is 3.08. The van der Waals surface area contributed by atoms with Crippen LogP contribution in [0.15, 0.2) is 35.8 Å². The van der Waals surface area contributed by atoms with E-state index in [1.165, 1.54) is 7.11 Å². The summed E-state index contributed by atoms with van der Waals surface area (Å²) in [5, 5.41) is 9.12. The first-order valence-corrected chi connectivity index (χ1v) is 9.53. The van der Waals surface area contributed by atoms with Crippen molar-refractivity contribution in [1.82, 2.24) is 25.1 Å². The van der Waals surface area contributed by atoms with Gasteiger partial charge < -0.3 is 14.4 Å². The van der Waals surface area contributed by atoms with Crippen LogP contribution >= 0.6 is 11.3 Å².